The van der Waals surface area contributed by atoms with Crippen molar-refractivity contribution in [3.8, 4) is 5.75 Å². The van der Waals surface area contributed by atoms with E-state index in [0.717, 1.165) is 30.5 Å². The van der Waals surface area contributed by atoms with Crippen molar-refractivity contribution >= 4 is 16.8 Å². The summed E-state index contributed by atoms with van der Waals surface area (Å²) in [5, 5.41) is 4.25. The molecule has 3 N–H and O–H groups in total. The molecular weight excluding hydrogens is 318 g/mol. The Bertz CT molecular complexity index is 1000. The minimum atomic E-state index is -0.318. The summed E-state index contributed by atoms with van der Waals surface area (Å²) in [6.07, 6.45) is 4.29. The lowest BCUT2D eigenvalue weighted by Crippen LogP contribution is -2.32. The van der Waals surface area contributed by atoms with Crippen LogP contribution in [0.2, 0.25) is 0 Å². The third-order valence-electron chi connectivity index (χ3n) is 4.76. The van der Waals surface area contributed by atoms with Gasteiger partial charge in [0.2, 0.25) is 5.43 Å². The van der Waals surface area contributed by atoms with E-state index in [4.69, 9.17) is 4.74 Å². The van der Waals surface area contributed by atoms with E-state index in [1.54, 1.807) is 0 Å². The van der Waals surface area contributed by atoms with Crippen molar-refractivity contribution < 1.29 is 9.53 Å². The molecule has 2 heterocycles. The number of pyridine rings is 1. The molecule has 4 rings (SSSR count). The van der Waals surface area contributed by atoms with Gasteiger partial charge in [-0.05, 0) is 30.9 Å². The first kappa shape index (κ1) is 15.5. The molecule has 0 spiro atoms. The van der Waals surface area contributed by atoms with Gasteiger partial charge in [-0.1, -0.05) is 18.2 Å². The first-order valence-electron chi connectivity index (χ1n) is 8.34. The van der Waals surface area contributed by atoms with Crippen LogP contribution < -0.4 is 15.5 Å². The minimum absolute atomic E-state index is 0.0887. The normalized spacial score (nSPS) is 16.4. The number of hydrogen-bond donors (Lipinski definition) is 3. The van der Waals surface area contributed by atoms with Crippen LogP contribution in [-0.4, -0.2) is 23.0 Å². The maximum absolute atomic E-state index is 12.6. The fraction of sp³-hybridized carbons (Fsp3) is 0.263. The number of para-hydroxylation sites is 1. The molecule has 0 unspecified atom stereocenters. The van der Waals surface area contributed by atoms with Crippen molar-refractivity contribution in [2.75, 3.05) is 7.11 Å². The summed E-state index contributed by atoms with van der Waals surface area (Å²) in [5.74, 6) is -0.108. The number of aromatic amines is 2. The zero-order chi connectivity index (χ0) is 17.4. The lowest BCUT2D eigenvalue weighted by Gasteiger charge is -2.23. The number of nitrogens with one attached hydrogen (secondary N) is 3. The summed E-state index contributed by atoms with van der Waals surface area (Å²) in [6, 6.07) is 9.36. The highest BCUT2D eigenvalue weighted by atomic mass is 16.5. The summed E-state index contributed by atoms with van der Waals surface area (Å²) in [7, 11) is 1.42. The third-order valence-corrected chi connectivity index (χ3v) is 4.76. The maximum atomic E-state index is 12.6. The molecule has 1 aromatic carbocycles. The third kappa shape index (κ3) is 2.69. The summed E-state index contributed by atoms with van der Waals surface area (Å²) in [5.41, 5.74) is 3.34. The van der Waals surface area contributed by atoms with Crippen molar-refractivity contribution in [2.24, 2.45) is 0 Å². The summed E-state index contributed by atoms with van der Waals surface area (Å²) >= 11 is 0. The second kappa shape index (κ2) is 6.12. The molecule has 0 aliphatic heterocycles. The van der Waals surface area contributed by atoms with E-state index < -0.39 is 0 Å². The molecule has 0 radical (unpaired) electrons. The summed E-state index contributed by atoms with van der Waals surface area (Å²) < 4.78 is 4.93. The molecule has 1 amide bonds. The highest BCUT2D eigenvalue weighted by Crippen LogP contribution is 2.34. The first-order valence-corrected chi connectivity index (χ1v) is 8.34. The van der Waals surface area contributed by atoms with Gasteiger partial charge in [-0.15, -0.1) is 0 Å². The molecule has 0 bridgehead atoms. The van der Waals surface area contributed by atoms with Crippen molar-refractivity contribution in [1.82, 2.24) is 15.3 Å². The van der Waals surface area contributed by atoms with E-state index in [1.165, 1.54) is 30.3 Å². The van der Waals surface area contributed by atoms with Crippen LogP contribution >= 0.6 is 0 Å². The Labute approximate surface area is 144 Å². The van der Waals surface area contributed by atoms with E-state index >= 15 is 0 Å². The van der Waals surface area contributed by atoms with E-state index in [-0.39, 0.29) is 28.8 Å². The molecular formula is C19H19N3O3. The van der Waals surface area contributed by atoms with Gasteiger partial charge in [-0.2, -0.15) is 0 Å². The molecule has 25 heavy (non-hydrogen) atoms. The molecule has 0 saturated carbocycles. The number of aryl methyl sites for hydroxylation is 1. The fourth-order valence-electron chi connectivity index (χ4n) is 3.54. The number of H-pyrrole nitrogens is 2. The van der Waals surface area contributed by atoms with Crippen LogP contribution in [0.1, 0.15) is 40.6 Å². The van der Waals surface area contributed by atoms with Gasteiger partial charge < -0.3 is 20.0 Å². The maximum Gasteiger partial charge on any atom is 0.268 e. The zero-order valence-corrected chi connectivity index (χ0v) is 13.9. The molecule has 1 aliphatic carbocycles. The topological polar surface area (TPSA) is 87.0 Å². The highest BCUT2D eigenvalue weighted by molar-refractivity contribution is 5.93. The van der Waals surface area contributed by atoms with Gasteiger partial charge in [0.05, 0.1) is 13.2 Å². The molecule has 0 fully saturated rings. The molecule has 1 aliphatic rings. The van der Waals surface area contributed by atoms with Crippen LogP contribution in [0.15, 0.2) is 41.3 Å². The Morgan fingerprint density at radius 1 is 1.32 bits per heavy atom. The quantitative estimate of drug-likeness (QED) is 0.687. The molecule has 6 nitrogen and oxygen atoms in total. The molecule has 6 heteroatoms. The van der Waals surface area contributed by atoms with Crippen LogP contribution in [0.25, 0.3) is 10.9 Å². The average molecular weight is 337 g/mol. The number of hydrogen-bond acceptors (Lipinski definition) is 3. The van der Waals surface area contributed by atoms with Crippen LogP contribution in [-0.2, 0) is 6.42 Å². The van der Waals surface area contributed by atoms with Crippen LogP contribution in [0.4, 0.5) is 0 Å². The highest BCUT2D eigenvalue weighted by Gasteiger charge is 2.26. The Hall–Kier alpha value is -3.02. The standard InChI is InChI=1S/C19H19N3O3/c1-25-17-10-20-15(9-16(17)23)19(24)22-14-8-4-6-12-11-5-2-3-7-13(11)21-18(12)14/h2-3,5,7,9-10,14,21H,4,6,8H2,1H3,(H,20,23)(H,22,24)/t14-/m1/s1. The molecule has 3 aromatic rings. The van der Waals surface area contributed by atoms with Gasteiger partial charge in [0.15, 0.2) is 5.75 Å². The van der Waals surface area contributed by atoms with E-state index in [9.17, 15) is 9.59 Å². The predicted molar refractivity (Wildman–Crippen MR) is 95.1 cm³/mol. The largest absolute Gasteiger partial charge is 0.491 e. The lowest BCUT2D eigenvalue weighted by molar-refractivity contribution is 0.0926. The van der Waals surface area contributed by atoms with Gasteiger partial charge in [0, 0.05) is 28.9 Å². The Morgan fingerprint density at radius 2 is 2.16 bits per heavy atom. The first-order chi connectivity index (χ1) is 12.2. The second-order valence-corrected chi connectivity index (χ2v) is 6.26. The van der Waals surface area contributed by atoms with Crippen molar-refractivity contribution in [2.45, 2.75) is 25.3 Å². The van der Waals surface area contributed by atoms with E-state index in [1.807, 2.05) is 18.2 Å². The number of carbonyl (C=O) groups excluding carboxylic acids is 1. The van der Waals surface area contributed by atoms with Gasteiger partial charge >= 0.3 is 0 Å². The molecule has 1 atom stereocenters. The number of rotatable bonds is 3. The second-order valence-electron chi connectivity index (χ2n) is 6.26. The Balaban J connectivity index is 1.63. The molecule has 128 valence electrons. The van der Waals surface area contributed by atoms with Crippen LogP contribution in [0, 0.1) is 0 Å². The Morgan fingerprint density at radius 3 is 2.96 bits per heavy atom. The number of ether oxygens (including phenoxy) is 1. The van der Waals surface area contributed by atoms with Crippen molar-refractivity contribution in [1.29, 1.82) is 0 Å². The van der Waals surface area contributed by atoms with E-state index in [0.29, 0.717) is 0 Å². The number of aromatic nitrogens is 2. The molecule has 0 saturated heterocycles. The van der Waals surface area contributed by atoms with Crippen LogP contribution in [0.5, 0.6) is 5.75 Å². The molecule has 2 aromatic heterocycles. The summed E-state index contributed by atoms with van der Waals surface area (Å²) in [6.45, 7) is 0. The van der Waals surface area contributed by atoms with Gasteiger partial charge in [-0.3, -0.25) is 9.59 Å². The average Bonchev–Trinajstić information content (AvgIpc) is 3.01. The zero-order valence-electron chi connectivity index (χ0n) is 13.9. The number of carbonyl (C=O) groups is 1. The number of fused-ring (bicyclic) bond motifs is 3. The van der Waals surface area contributed by atoms with Gasteiger partial charge in [-0.25, -0.2) is 0 Å². The van der Waals surface area contributed by atoms with Crippen LogP contribution in [0.3, 0.4) is 0 Å². The van der Waals surface area contributed by atoms with Crippen molar-refractivity contribution in [3.05, 3.63) is 63.7 Å². The fourth-order valence-corrected chi connectivity index (χ4v) is 3.54. The monoisotopic (exact) mass is 337 g/mol. The number of benzene rings is 1. The Kier molecular flexibility index (Phi) is 3.80. The number of methoxy groups -OCH3 is 1. The predicted octanol–water partition coefficient (Wildman–Crippen LogP) is 2.67. The SMILES string of the molecule is COc1c[nH]c(C(=O)N[C@@H]2CCCc3c2[nH]c2ccccc32)cc1=O. The smallest absolute Gasteiger partial charge is 0.268 e. The lowest BCUT2D eigenvalue weighted by atomic mass is 9.91. The minimum Gasteiger partial charge on any atom is -0.491 e. The van der Waals surface area contributed by atoms with Gasteiger partial charge in [0.25, 0.3) is 5.91 Å². The van der Waals surface area contributed by atoms with Crippen molar-refractivity contribution in [3.63, 3.8) is 0 Å². The summed E-state index contributed by atoms with van der Waals surface area (Å²) in [4.78, 5) is 30.7. The van der Waals surface area contributed by atoms with Gasteiger partial charge in [0.1, 0.15) is 5.69 Å². The van der Waals surface area contributed by atoms with E-state index in [2.05, 4.69) is 21.4 Å². The number of amides is 1.